The van der Waals surface area contributed by atoms with Crippen LogP contribution in [-0.2, 0) is 0 Å². The summed E-state index contributed by atoms with van der Waals surface area (Å²) in [5, 5.41) is 3.24. The highest BCUT2D eigenvalue weighted by Gasteiger charge is 2.25. The molecule has 1 fully saturated rings. The van der Waals surface area contributed by atoms with E-state index in [4.69, 9.17) is 4.98 Å². The highest BCUT2D eigenvalue weighted by Crippen LogP contribution is 2.28. The topological polar surface area (TPSA) is 58.0 Å². The lowest BCUT2D eigenvalue weighted by atomic mass is 10.1. The zero-order valence-corrected chi connectivity index (χ0v) is 16.8. The van der Waals surface area contributed by atoms with Gasteiger partial charge in [-0.1, -0.05) is 0 Å². The molecule has 140 valence electrons. The number of hydrogen-bond donors (Lipinski definition) is 0. The SMILES string of the molecule is Cc1nc(-c2cccnc2)nc(N2CCN(C(C)c3nccs3)CC2)c1C. The zero-order valence-electron chi connectivity index (χ0n) is 16.0. The first kappa shape index (κ1) is 18.0. The van der Waals surface area contributed by atoms with E-state index in [9.17, 15) is 0 Å². The van der Waals surface area contributed by atoms with Crippen molar-refractivity contribution in [3.8, 4) is 11.4 Å². The van der Waals surface area contributed by atoms with Crippen molar-refractivity contribution < 1.29 is 0 Å². The van der Waals surface area contributed by atoms with Gasteiger partial charge in [-0.2, -0.15) is 0 Å². The third kappa shape index (κ3) is 3.70. The van der Waals surface area contributed by atoms with Crippen LogP contribution in [0.25, 0.3) is 11.4 Å². The summed E-state index contributed by atoms with van der Waals surface area (Å²) in [6, 6.07) is 4.30. The van der Waals surface area contributed by atoms with Crippen molar-refractivity contribution in [3.05, 3.63) is 52.4 Å². The van der Waals surface area contributed by atoms with Crippen LogP contribution in [0, 0.1) is 13.8 Å². The second-order valence-corrected chi connectivity index (χ2v) is 7.82. The molecule has 0 radical (unpaired) electrons. The highest BCUT2D eigenvalue weighted by molar-refractivity contribution is 7.09. The average Bonchev–Trinajstić information content (AvgIpc) is 3.25. The summed E-state index contributed by atoms with van der Waals surface area (Å²) in [4.78, 5) is 23.1. The first-order valence-electron chi connectivity index (χ1n) is 9.27. The number of pyridine rings is 1. The molecule has 1 saturated heterocycles. The lowest BCUT2D eigenvalue weighted by Gasteiger charge is -2.38. The summed E-state index contributed by atoms with van der Waals surface area (Å²) in [7, 11) is 0. The molecule has 0 N–H and O–H groups in total. The van der Waals surface area contributed by atoms with E-state index in [1.54, 1.807) is 17.5 Å². The van der Waals surface area contributed by atoms with Gasteiger partial charge in [0.05, 0.1) is 6.04 Å². The quantitative estimate of drug-likeness (QED) is 0.690. The minimum atomic E-state index is 0.367. The molecule has 3 aromatic rings. The van der Waals surface area contributed by atoms with E-state index in [0.717, 1.165) is 54.6 Å². The lowest BCUT2D eigenvalue weighted by Crippen LogP contribution is -2.47. The lowest BCUT2D eigenvalue weighted by molar-refractivity contribution is 0.198. The molecule has 1 aliphatic heterocycles. The molecule has 0 spiro atoms. The Balaban J connectivity index is 1.53. The van der Waals surface area contributed by atoms with E-state index in [1.165, 1.54) is 5.01 Å². The van der Waals surface area contributed by atoms with Crippen molar-refractivity contribution in [2.45, 2.75) is 26.8 Å². The van der Waals surface area contributed by atoms with Crippen LogP contribution < -0.4 is 4.90 Å². The first-order valence-corrected chi connectivity index (χ1v) is 10.2. The number of hydrogen-bond acceptors (Lipinski definition) is 7. The van der Waals surface area contributed by atoms with Gasteiger partial charge in [0.1, 0.15) is 10.8 Å². The Morgan fingerprint density at radius 1 is 1.07 bits per heavy atom. The van der Waals surface area contributed by atoms with Gasteiger partial charge in [-0.25, -0.2) is 15.0 Å². The van der Waals surface area contributed by atoms with Crippen LogP contribution in [0.3, 0.4) is 0 Å². The van der Waals surface area contributed by atoms with Gasteiger partial charge in [-0.3, -0.25) is 9.88 Å². The zero-order chi connectivity index (χ0) is 18.8. The van der Waals surface area contributed by atoms with Crippen molar-refractivity contribution in [1.82, 2.24) is 24.8 Å². The molecular weight excluding hydrogens is 356 g/mol. The van der Waals surface area contributed by atoms with E-state index >= 15 is 0 Å². The monoisotopic (exact) mass is 380 g/mol. The number of aryl methyl sites for hydroxylation is 1. The molecule has 1 unspecified atom stereocenters. The van der Waals surface area contributed by atoms with Gasteiger partial charge in [0, 0.05) is 67.0 Å². The largest absolute Gasteiger partial charge is 0.354 e. The normalized spacial score (nSPS) is 16.5. The minimum Gasteiger partial charge on any atom is -0.354 e. The van der Waals surface area contributed by atoms with Gasteiger partial charge in [0.25, 0.3) is 0 Å². The Bertz CT molecular complexity index is 888. The van der Waals surface area contributed by atoms with Gasteiger partial charge in [0.15, 0.2) is 5.82 Å². The van der Waals surface area contributed by atoms with Crippen molar-refractivity contribution in [1.29, 1.82) is 0 Å². The smallest absolute Gasteiger partial charge is 0.163 e. The van der Waals surface area contributed by atoms with Crippen LogP contribution in [0.2, 0.25) is 0 Å². The van der Waals surface area contributed by atoms with Crippen molar-refractivity contribution in [2.24, 2.45) is 0 Å². The van der Waals surface area contributed by atoms with Crippen LogP contribution in [0.1, 0.15) is 29.2 Å². The second kappa shape index (κ2) is 7.70. The van der Waals surface area contributed by atoms with Crippen molar-refractivity contribution in [2.75, 3.05) is 31.1 Å². The fourth-order valence-corrected chi connectivity index (χ4v) is 4.19. The summed E-state index contributed by atoms with van der Waals surface area (Å²) in [6.45, 7) is 10.3. The van der Waals surface area contributed by atoms with Crippen LogP contribution >= 0.6 is 11.3 Å². The van der Waals surface area contributed by atoms with Gasteiger partial charge in [0.2, 0.25) is 0 Å². The molecule has 4 rings (SSSR count). The number of thiazole rings is 1. The molecular formula is C20H24N6S. The van der Waals surface area contributed by atoms with E-state index < -0.39 is 0 Å². The Morgan fingerprint density at radius 3 is 2.56 bits per heavy atom. The maximum Gasteiger partial charge on any atom is 0.163 e. The first-order chi connectivity index (χ1) is 13.1. The van der Waals surface area contributed by atoms with Crippen LogP contribution in [0.4, 0.5) is 5.82 Å². The fourth-order valence-electron chi connectivity index (χ4n) is 3.46. The van der Waals surface area contributed by atoms with E-state index in [1.807, 2.05) is 24.5 Å². The van der Waals surface area contributed by atoms with Gasteiger partial charge < -0.3 is 4.90 Å². The molecule has 7 heteroatoms. The number of piperazine rings is 1. The third-order valence-corrected chi connectivity index (χ3v) is 6.20. The molecule has 0 saturated carbocycles. The Kier molecular flexibility index (Phi) is 5.13. The Hall–Kier alpha value is -2.38. The van der Waals surface area contributed by atoms with Crippen LogP contribution in [-0.4, -0.2) is 51.0 Å². The highest BCUT2D eigenvalue weighted by atomic mass is 32.1. The number of rotatable bonds is 4. The summed E-state index contributed by atoms with van der Waals surface area (Å²) in [6.07, 6.45) is 5.48. The number of aromatic nitrogens is 4. The predicted molar refractivity (Wildman–Crippen MR) is 109 cm³/mol. The van der Waals surface area contributed by atoms with Crippen molar-refractivity contribution >= 4 is 17.2 Å². The third-order valence-electron chi connectivity index (χ3n) is 5.25. The molecule has 0 amide bonds. The molecule has 0 bridgehead atoms. The van der Waals surface area contributed by atoms with Gasteiger partial charge in [-0.15, -0.1) is 11.3 Å². The van der Waals surface area contributed by atoms with E-state index in [2.05, 4.69) is 50.9 Å². The van der Waals surface area contributed by atoms with Crippen molar-refractivity contribution in [3.63, 3.8) is 0 Å². The van der Waals surface area contributed by atoms with Crippen LogP contribution in [0.15, 0.2) is 36.1 Å². The number of nitrogens with zero attached hydrogens (tertiary/aromatic N) is 6. The minimum absolute atomic E-state index is 0.367. The van der Waals surface area contributed by atoms with E-state index in [-0.39, 0.29) is 0 Å². The summed E-state index contributed by atoms with van der Waals surface area (Å²) < 4.78 is 0. The molecule has 3 aromatic heterocycles. The maximum atomic E-state index is 4.89. The molecule has 4 heterocycles. The fraction of sp³-hybridized carbons (Fsp3) is 0.400. The van der Waals surface area contributed by atoms with E-state index in [0.29, 0.717) is 6.04 Å². The summed E-state index contributed by atoms with van der Waals surface area (Å²) >= 11 is 1.73. The second-order valence-electron chi connectivity index (χ2n) is 6.89. The maximum absolute atomic E-state index is 4.89. The number of anilines is 1. The molecule has 0 aromatic carbocycles. The van der Waals surface area contributed by atoms with Gasteiger partial charge in [-0.05, 0) is 32.9 Å². The molecule has 0 aliphatic carbocycles. The average molecular weight is 381 g/mol. The Labute approximate surface area is 163 Å². The molecule has 1 aliphatic rings. The summed E-state index contributed by atoms with van der Waals surface area (Å²) in [5.74, 6) is 1.79. The molecule has 27 heavy (non-hydrogen) atoms. The standard InChI is InChI=1S/C20H24N6S/c1-14-15(2)23-18(17-5-4-6-21-13-17)24-19(14)26-10-8-25(9-11-26)16(3)20-22-7-12-27-20/h4-7,12-13,16H,8-11H2,1-3H3. The summed E-state index contributed by atoms with van der Waals surface area (Å²) in [5.41, 5.74) is 3.14. The molecule has 6 nitrogen and oxygen atoms in total. The Morgan fingerprint density at radius 2 is 1.89 bits per heavy atom. The van der Waals surface area contributed by atoms with Crippen LogP contribution in [0.5, 0.6) is 0 Å². The van der Waals surface area contributed by atoms with Gasteiger partial charge >= 0.3 is 0 Å². The predicted octanol–water partition coefficient (Wildman–Crippen LogP) is 3.50. The molecule has 1 atom stereocenters.